The molecule has 0 amide bonds. The van der Waals surface area contributed by atoms with Crippen molar-refractivity contribution in [3.63, 3.8) is 0 Å². The van der Waals surface area contributed by atoms with Crippen LogP contribution in [0, 0.1) is 11.6 Å². The average Bonchev–Trinajstić information content (AvgIpc) is 2.92. The molecule has 0 radical (unpaired) electrons. The summed E-state index contributed by atoms with van der Waals surface area (Å²) in [5.41, 5.74) is -0.761. The number of carbonyl (C=O) groups excluding carboxylic acids is 1. The molecule has 118 valence electrons. The molecule has 0 aliphatic carbocycles. The minimum atomic E-state index is -0.880. The molecular formula is C14H10F2N4O3. The highest BCUT2D eigenvalue weighted by Crippen LogP contribution is 2.18. The summed E-state index contributed by atoms with van der Waals surface area (Å²) in [6.07, 6.45) is 1.18. The fraction of sp³-hybridized carbons (Fsp3) is 0.143. The molecule has 2 aromatic heterocycles. The maximum absolute atomic E-state index is 13.9. The second-order valence-corrected chi connectivity index (χ2v) is 4.52. The number of hydrogen-bond donors (Lipinski definition) is 1. The summed E-state index contributed by atoms with van der Waals surface area (Å²) in [5.74, 6) is -2.78. The largest absolute Gasteiger partial charge is 0.460 e. The topological polar surface area (TPSA) is 89.9 Å². The van der Waals surface area contributed by atoms with Crippen LogP contribution in [0.5, 0.6) is 0 Å². The maximum atomic E-state index is 13.9. The lowest BCUT2D eigenvalue weighted by Crippen LogP contribution is -2.18. The zero-order valence-electron chi connectivity index (χ0n) is 11.8. The minimum absolute atomic E-state index is 0.0395. The average molecular weight is 320 g/mol. The number of carbonyl (C=O) groups is 1. The van der Waals surface area contributed by atoms with Crippen LogP contribution in [0.3, 0.4) is 0 Å². The molecule has 0 unspecified atom stereocenters. The van der Waals surface area contributed by atoms with Gasteiger partial charge in [0.2, 0.25) is 5.82 Å². The number of aromatic amines is 1. The highest BCUT2D eigenvalue weighted by atomic mass is 19.1. The van der Waals surface area contributed by atoms with Gasteiger partial charge in [-0.05, 0) is 19.1 Å². The van der Waals surface area contributed by atoms with Crippen molar-refractivity contribution >= 4 is 17.0 Å². The number of nitrogens with one attached hydrogen (secondary N) is 1. The van der Waals surface area contributed by atoms with Gasteiger partial charge in [-0.3, -0.25) is 4.79 Å². The Labute approximate surface area is 127 Å². The van der Waals surface area contributed by atoms with E-state index < -0.39 is 23.2 Å². The van der Waals surface area contributed by atoms with E-state index in [1.54, 1.807) is 6.92 Å². The molecule has 0 atom stereocenters. The van der Waals surface area contributed by atoms with Gasteiger partial charge >= 0.3 is 5.97 Å². The maximum Gasteiger partial charge on any atom is 0.374 e. The molecule has 0 saturated carbocycles. The fourth-order valence-corrected chi connectivity index (χ4v) is 2.04. The van der Waals surface area contributed by atoms with Crippen LogP contribution in [0.2, 0.25) is 0 Å². The van der Waals surface area contributed by atoms with Crippen LogP contribution < -0.4 is 5.56 Å². The summed E-state index contributed by atoms with van der Waals surface area (Å²) in [6, 6.07) is 2.89. The van der Waals surface area contributed by atoms with Gasteiger partial charge in [0.15, 0.2) is 11.5 Å². The molecule has 1 N–H and O–H groups in total. The van der Waals surface area contributed by atoms with Gasteiger partial charge in [-0.15, -0.1) is 0 Å². The normalized spacial score (nSPS) is 10.9. The predicted molar refractivity (Wildman–Crippen MR) is 75.4 cm³/mol. The Kier molecular flexibility index (Phi) is 3.61. The van der Waals surface area contributed by atoms with Crippen LogP contribution in [0.25, 0.3) is 16.7 Å². The molecule has 7 nitrogen and oxygen atoms in total. The number of H-pyrrole nitrogens is 1. The van der Waals surface area contributed by atoms with Crippen molar-refractivity contribution in [2.24, 2.45) is 0 Å². The highest BCUT2D eigenvalue weighted by Gasteiger charge is 2.18. The van der Waals surface area contributed by atoms with Crippen molar-refractivity contribution in [3.05, 3.63) is 52.2 Å². The molecule has 0 aliphatic heterocycles. The van der Waals surface area contributed by atoms with E-state index in [0.29, 0.717) is 6.07 Å². The van der Waals surface area contributed by atoms with E-state index in [9.17, 15) is 18.4 Å². The summed E-state index contributed by atoms with van der Waals surface area (Å²) < 4.78 is 32.7. The lowest BCUT2D eigenvalue weighted by molar-refractivity contribution is 0.0512. The van der Waals surface area contributed by atoms with Gasteiger partial charge in [-0.1, -0.05) is 0 Å². The Morgan fingerprint density at radius 2 is 2.17 bits per heavy atom. The zero-order chi connectivity index (χ0) is 16.6. The second-order valence-electron chi connectivity index (χ2n) is 4.52. The van der Waals surface area contributed by atoms with Crippen LogP contribution in [-0.2, 0) is 4.74 Å². The molecule has 3 aromatic rings. The standard InChI is InChI=1S/C14H10F2N4O3/c1-2-23-14(22)11-18-12-8(13(21)19-11)6-17-20(12)10-4-3-7(15)5-9(10)16/h3-6H,2H2,1H3,(H,18,19,21). The highest BCUT2D eigenvalue weighted by molar-refractivity contribution is 5.87. The molecule has 1 aromatic carbocycles. The van der Waals surface area contributed by atoms with Crippen LogP contribution in [-0.4, -0.2) is 32.3 Å². The summed E-state index contributed by atoms with van der Waals surface area (Å²) in [7, 11) is 0. The number of benzene rings is 1. The van der Waals surface area contributed by atoms with Crippen molar-refractivity contribution < 1.29 is 18.3 Å². The van der Waals surface area contributed by atoms with Crippen molar-refractivity contribution in [2.45, 2.75) is 6.92 Å². The van der Waals surface area contributed by atoms with E-state index in [1.165, 1.54) is 6.20 Å². The molecule has 0 spiro atoms. The summed E-state index contributed by atoms with van der Waals surface area (Å²) >= 11 is 0. The van der Waals surface area contributed by atoms with E-state index in [2.05, 4.69) is 15.1 Å². The number of rotatable bonds is 3. The molecular weight excluding hydrogens is 310 g/mol. The van der Waals surface area contributed by atoms with Gasteiger partial charge in [0.1, 0.15) is 16.9 Å². The smallest absolute Gasteiger partial charge is 0.374 e. The third-order valence-electron chi connectivity index (χ3n) is 3.04. The van der Waals surface area contributed by atoms with Crippen molar-refractivity contribution in [1.82, 2.24) is 19.7 Å². The van der Waals surface area contributed by atoms with Crippen molar-refractivity contribution in [3.8, 4) is 5.69 Å². The van der Waals surface area contributed by atoms with Gasteiger partial charge in [-0.25, -0.2) is 23.2 Å². The molecule has 9 heteroatoms. The third-order valence-corrected chi connectivity index (χ3v) is 3.04. The number of ether oxygens (including phenoxy) is 1. The number of esters is 1. The van der Waals surface area contributed by atoms with E-state index in [-0.39, 0.29) is 29.2 Å². The minimum Gasteiger partial charge on any atom is -0.460 e. The number of fused-ring (bicyclic) bond motifs is 1. The van der Waals surface area contributed by atoms with Gasteiger partial charge < -0.3 is 9.72 Å². The first-order valence-electron chi connectivity index (χ1n) is 6.62. The van der Waals surface area contributed by atoms with E-state index in [4.69, 9.17) is 4.74 Å². The summed E-state index contributed by atoms with van der Waals surface area (Å²) in [5, 5.41) is 3.94. The molecule has 0 bridgehead atoms. The molecule has 23 heavy (non-hydrogen) atoms. The summed E-state index contributed by atoms with van der Waals surface area (Å²) in [6.45, 7) is 1.71. The van der Waals surface area contributed by atoms with Gasteiger partial charge in [-0.2, -0.15) is 5.10 Å². The van der Waals surface area contributed by atoms with Crippen LogP contribution >= 0.6 is 0 Å². The van der Waals surface area contributed by atoms with Crippen molar-refractivity contribution in [2.75, 3.05) is 6.61 Å². The second kappa shape index (κ2) is 5.59. The molecule has 0 fully saturated rings. The first-order chi connectivity index (χ1) is 11.0. The monoisotopic (exact) mass is 320 g/mol. The van der Waals surface area contributed by atoms with E-state index in [1.807, 2.05) is 0 Å². The summed E-state index contributed by atoms with van der Waals surface area (Å²) in [4.78, 5) is 29.9. The third kappa shape index (κ3) is 2.56. The lowest BCUT2D eigenvalue weighted by Gasteiger charge is -2.05. The van der Waals surface area contributed by atoms with Crippen LogP contribution in [0.15, 0.2) is 29.2 Å². The predicted octanol–water partition coefficient (Wildman–Crippen LogP) is 1.56. The van der Waals surface area contributed by atoms with Gasteiger partial charge in [0.05, 0.1) is 12.8 Å². The number of nitrogens with zero attached hydrogens (tertiary/aromatic N) is 3. The molecule has 2 heterocycles. The van der Waals surface area contributed by atoms with Gasteiger partial charge in [0, 0.05) is 6.07 Å². The Morgan fingerprint density at radius 3 is 2.87 bits per heavy atom. The van der Waals surface area contributed by atoms with Gasteiger partial charge in [0.25, 0.3) is 5.56 Å². The van der Waals surface area contributed by atoms with Crippen LogP contribution in [0.1, 0.15) is 17.5 Å². The Hall–Kier alpha value is -3.10. The first kappa shape index (κ1) is 14.8. The van der Waals surface area contributed by atoms with Crippen molar-refractivity contribution in [1.29, 1.82) is 0 Å². The van der Waals surface area contributed by atoms with E-state index in [0.717, 1.165) is 16.8 Å². The molecule has 0 aliphatic rings. The zero-order valence-corrected chi connectivity index (χ0v) is 11.8. The lowest BCUT2D eigenvalue weighted by atomic mass is 10.3. The van der Waals surface area contributed by atoms with E-state index >= 15 is 0 Å². The van der Waals surface area contributed by atoms with Crippen LogP contribution in [0.4, 0.5) is 8.78 Å². The Bertz CT molecular complexity index is 964. The quantitative estimate of drug-likeness (QED) is 0.740. The first-order valence-corrected chi connectivity index (χ1v) is 6.62. The number of hydrogen-bond acceptors (Lipinski definition) is 5. The Balaban J connectivity index is 2.23. The Morgan fingerprint density at radius 1 is 1.39 bits per heavy atom. The number of halogens is 2. The fourth-order valence-electron chi connectivity index (χ4n) is 2.04. The number of aromatic nitrogens is 4. The molecule has 0 saturated heterocycles. The molecule has 3 rings (SSSR count). The SMILES string of the molecule is CCOC(=O)c1nc2c(cnn2-c2ccc(F)cc2F)c(=O)[nH]1.